The molecule has 0 unspecified atom stereocenters. The van der Waals surface area contributed by atoms with Crippen molar-refractivity contribution in [3.05, 3.63) is 0 Å². The normalized spacial score (nSPS) is 26.5. The lowest BCUT2D eigenvalue weighted by molar-refractivity contribution is -0.120. The van der Waals surface area contributed by atoms with Gasteiger partial charge < -0.3 is 5.32 Å². The van der Waals surface area contributed by atoms with Crippen LogP contribution in [0.3, 0.4) is 0 Å². The minimum Gasteiger partial charge on any atom is -0.356 e. The number of hydrogen-bond acceptors (Lipinski definition) is 1. The van der Waals surface area contributed by atoms with Crippen LogP contribution in [0.4, 0.5) is 0 Å². The Balaban J connectivity index is 2.40. The molecule has 0 bridgehead atoms. The summed E-state index contributed by atoms with van der Waals surface area (Å²) in [7, 11) is 0. The highest BCUT2D eigenvalue weighted by atomic mass is 16.1. The van der Waals surface area contributed by atoms with Crippen molar-refractivity contribution in [2.24, 2.45) is 11.8 Å². The van der Waals surface area contributed by atoms with E-state index in [-0.39, 0.29) is 5.91 Å². The maximum atomic E-state index is 10.9. The summed E-state index contributed by atoms with van der Waals surface area (Å²) in [5.74, 6) is 1.70. The van der Waals surface area contributed by atoms with Gasteiger partial charge in [-0.25, -0.2) is 0 Å². The number of carbonyl (C=O) groups excluding carboxylic acids is 1. The fourth-order valence-electron chi connectivity index (χ4n) is 1.61. The number of carbonyl (C=O) groups is 1. The summed E-state index contributed by atoms with van der Waals surface area (Å²) in [6.45, 7) is 5.35. The molecule has 1 heterocycles. The second kappa shape index (κ2) is 3.74. The molecule has 2 nitrogen and oxygen atoms in total. The van der Waals surface area contributed by atoms with E-state index in [1.54, 1.807) is 0 Å². The van der Waals surface area contributed by atoms with Crippen molar-refractivity contribution in [2.75, 3.05) is 6.54 Å². The van der Waals surface area contributed by atoms with Crippen molar-refractivity contribution >= 4 is 5.91 Å². The Kier molecular flexibility index (Phi) is 2.92. The molecule has 1 saturated heterocycles. The van der Waals surface area contributed by atoms with Crippen LogP contribution in [0.5, 0.6) is 0 Å². The quantitative estimate of drug-likeness (QED) is 0.611. The summed E-state index contributed by atoms with van der Waals surface area (Å²) >= 11 is 0. The molecule has 0 aromatic heterocycles. The van der Waals surface area contributed by atoms with Crippen LogP contribution in [-0.4, -0.2) is 12.5 Å². The number of rotatable bonds is 1. The summed E-state index contributed by atoms with van der Waals surface area (Å²) in [6.07, 6.45) is 2.95. The maximum absolute atomic E-state index is 10.9. The third-order valence-corrected chi connectivity index (χ3v) is 2.52. The second-order valence-corrected chi connectivity index (χ2v) is 3.68. The highest BCUT2D eigenvalue weighted by Crippen LogP contribution is 2.21. The molecule has 0 saturated carbocycles. The van der Waals surface area contributed by atoms with Gasteiger partial charge >= 0.3 is 0 Å². The first kappa shape index (κ1) is 8.57. The Hall–Kier alpha value is -0.530. The van der Waals surface area contributed by atoms with Crippen molar-refractivity contribution < 1.29 is 4.79 Å². The molecule has 1 aliphatic rings. The minimum atomic E-state index is 0.230. The molecule has 1 amide bonds. The monoisotopic (exact) mass is 155 g/mol. The van der Waals surface area contributed by atoms with Crippen LogP contribution in [-0.2, 0) is 4.79 Å². The fourth-order valence-corrected chi connectivity index (χ4v) is 1.61. The molecular weight excluding hydrogens is 138 g/mol. The van der Waals surface area contributed by atoms with E-state index < -0.39 is 0 Å². The first-order chi connectivity index (χ1) is 5.20. The van der Waals surface area contributed by atoms with Crippen molar-refractivity contribution in [2.45, 2.75) is 33.1 Å². The minimum absolute atomic E-state index is 0.230. The highest BCUT2D eigenvalue weighted by Gasteiger charge is 2.18. The first-order valence-electron chi connectivity index (χ1n) is 4.47. The first-order valence-corrected chi connectivity index (χ1v) is 4.47. The Morgan fingerprint density at radius 1 is 1.45 bits per heavy atom. The Labute approximate surface area is 68.4 Å². The van der Waals surface area contributed by atoms with Crippen molar-refractivity contribution in [3.8, 4) is 0 Å². The van der Waals surface area contributed by atoms with Gasteiger partial charge in [-0.2, -0.15) is 0 Å². The molecule has 1 rings (SSSR count). The van der Waals surface area contributed by atoms with Gasteiger partial charge in [-0.05, 0) is 24.7 Å². The molecule has 0 aromatic rings. The average molecular weight is 155 g/mol. The average Bonchev–Trinajstić information content (AvgIpc) is 2.13. The van der Waals surface area contributed by atoms with E-state index in [0.717, 1.165) is 37.6 Å². The van der Waals surface area contributed by atoms with Gasteiger partial charge in [0.25, 0.3) is 0 Å². The van der Waals surface area contributed by atoms with Crippen LogP contribution in [0.15, 0.2) is 0 Å². The van der Waals surface area contributed by atoms with Crippen molar-refractivity contribution in [3.63, 3.8) is 0 Å². The third-order valence-electron chi connectivity index (χ3n) is 2.52. The van der Waals surface area contributed by atoms with Crippen LogP contribution in [0, 0.1) is 11.8 Å². The molecular formula is C9H17NO. The number of nitrogens with one attached hydrogen (secondary N) is 1. The lowest BCUT2D eigenvalue weighted by Crippen LogP contribution is -2.21. The van der Waals surface area contributed by atoms with E-state index >= 15 is 0 Å². The molecule has 0 aromatic carbocycles. The van der Waals surface area contributed by atoms with E-state index in [2.05, 4.69) is 19.2 Å². The number of hydrogen-bond donors (Lipinski definition) is 1. The van der Waals surface area contributed by atoms with Crippen molar-refractivity contribution in [1.82, 2.24) is 5.32 Å². The van der Waals surface area contributed by atoms with Crippen LogP contribution in [0.2, 0.25) is 0 Å². The van der Waals surface area contributed by atoms with Gasteiger partial charge in [0.1, 0.15) is 0 Å². The molecule has 2 heteroatoms. The van der Waals surface area contributed by atoms with Gasteiger partial charge in [-0.15, -0.1) is 0 Å². The molecule has 1 fully saturated rings. The van der Waals surface area contributed by atoms with E-state index in [1.165, 1.54) is 0 Å². The Morgan fingerprint density at radius 2 is 2.18 bits per heavy atom. The van der Waals surface area contributed by atoms with Crippen molar-refractivity contribution in [1.29, 1.82) is 0 Å². The molecule has 0 aliphatic carbocycles. The molecule has 0 radical (unpaired) electrons. The molecule has 64 valence electrons. The van der Waals surface area contributed by atoms with E-state index in [4.69, 9.17) is 0 Å². The van der Waals surface area contributed by atoms with Gasteiger partial charge in [0.15, 0.2) is 0 Å². The summed E-state index contributed by atoms with van der Waals surface area (Å²) in [6, 6.07) is 0. The maximum Gasteiger partial charge on any atom is 0.220 e. The summed E-state index contributed by atoms with van der Waals surface area (Å²) in [5, 5.41) is 2.89. The lowest BCUT2D eigenvalue weighted by Gasteiger charge is -2.16. The molecule has 0 spiro atoms. The predicted octanol–water partition coefficient (Wildman–Crippen LogP) is 1.56. The summed E-state index contributed by atoms with van der Waals surface area (Å²) < 4.78 is 0. The van der Waals surface area contributed by atoms with E-state index in [1.807, 2.05) is 0 Å². The molecule has 1 atom stereocenters. The van der Waals surface area contributed by atoms with Gasteiger partial charge in [0, 0.05) is 13.0 Å². The third kappa shape index (κ3) is 2.52. The van der Waals surface area contributed by atoms with E-state index in [9.17, 15) is 4.79 Å². The largest absolute Gasteiger partial charge is 0.356 e. The predicted molar refractivity (Wildman–Crippen MR) is 45.2 cm³/mol. The van der Waals surface area contributed by atoms with Gasteiger partial charge in [-0.3, -0.25) is 4.79 Å². The van der Waals surface area contributed by atoms with Gasteiger partial charge in [-0.1, -0.05) is 13.8 Å². The topological polar surface area (TPSA) is 29.1 Å². The van der Waals surface area contributed by atoms with Crippen LogP contribution < -0.4 is 5.32 Å². The zero-order valence-corrected chi connectivity index (χ0v) is 7.39. The second-order valence-electron chi connectivity index (χ2n) is 3.68. The lowest BCUT2D eigenvalue weighted by atomic mass is 9.89. The SMILES string of the molecule is CC(C)[C@@H]1CCNC(=O)CC1. The molecule has 1 N–H and O–H groups in total. The van der Waals surface area contributed by atoms with Crippen LogP contribution >= 0.6 is 0 Å². The highest BCUT2D eigenvalue weighted by molar-refractivity contribution is 5.76. The zero-order chi connectivity index (χ0) is 8.27. The van der Waals surface area contributed by atoms with Crippen LogP contribution in [0.1, 0.15) is 33.1 Å². The fraction of sp³-hybridized carbons (Fsp3) is 0.889. The smallest absolute Gasteiger partial charge is 0.220 e. The molecule has 1 aliphatic heterocycles. The van der Waals surface area contributed by atoms with E-state index in [0.29, 0.717) is 0 Å². The standard InChI is InChI=1S/C9H17NO/c1-7(2)8-3-4-9(11)10-6-5-8/h7-8H,3-6H2,1-2H3,(H,10,11)/t8-/m0/s1. The molecule has 11 heavy (non-hydrogen) atoms. The summed E-state index contributed by atoms with van der Waals surface area (Å²) in [5.41, 5.74) is 0. The zero-order valence-electron chi connectivity index (χ0n) is 7.39. The van der Waals surface area contributed by atoms with Gasteiger partial charge in [0.05, 0.1) is 0 Å². The van der Waals surface area contributed by atoms with Gasteiger partial charge in [0.2, 0.25) is 5.91 Å². The Bertz CT molecular complexity index is 142. The number of amides is 1. The summed E-state index contributed by atoms with van der Waals surface area (Å²) in [4.78, 5) is 10.9. The van der Waals surface area contributed by atoms with Crippen LogP contribution in [0.25, 0.3) is 0 Å². The Morgan fingerprint density at radius 3 is 2.82 bits per heavy atom.